The molecule has 1 N–H and O–H groups in total. The van der Waals surface area contributed by atoms with Crippen LogP contribution in [0.1, 0.15) is 41.6 Å². The molecule has 1 saturated carbocycles. The summed E-state index contributed by atoms with van der Waals surface area (Å²) in [4.78, 5) is 21.1. The number of hydrogen-bond acceptors (Lipinski definition) is 2. The first-order valence-corrected chi connectivity index (χ1v) is 13.6. The quantitative estimate of drug-likeness (QED) is 0.306. The number of H-pyrrole nitrogens is 1. The molecule has 1 aromatic heterocycles. The van der Waals surface area contributed by atoms with Crippen LogP contribution in [-0.4, -0.2) is 47.5 Å². The van der Waals surface area contributed by atoms with Gasteiger partial charge in [-0.3, -0.25) is 9.69 Å². The Balaban J connectivity index is 1.46. The van der Waals surface area contributed by atoms with Crippen molar-refractivity contribution in [2.45, 2.75) is 42.9 Å². The fourth-order valence-electron chi connectivity index (χ4n) is 6.93. The lowest BCUT2D eigenvalue weighted by Crippen LogP contribution is -2.63. The number of carbonyl (C=O) groups is 1. The fourth-order valence-corrected chi connectivity index (χ4v) is 6.93. The summed E-state index contributed by atoms with van der Waals surface area (Å²) in [7, 11) is 3.85. The molecule has 0 radical (unpaired) electrons. The standard InChI is InChI=1S/C33H33F2N3O/c1-37(2)32(24-11-8-12-25(34)21-24)18-19-33(29(35)22-32)31-27(26-13-6-7-14-28(26)36-31)17-20-38(33)30(39)16-15-23-9-4-3-5-10-23/h3-16,21,29,36H,17-20,22H2,1-2H3. The Labute approximate surface area is 227 Å². The van der Waals surface area contributed by atoms with Crippen LogP contribution in [0.4, 0.5) is 8.78 Å². The first-order valence-electron chi connectivity index (χ1n) is 13.6. The van der Waals surface area contributed by atoms with E-state index in [1.807, 2.05) is 73.6 Å². The van der Waals surface area contributed by atoms with Crippen molar-refractivity contribution in [3.05, 3.63) is 113 Å². The van der Waals surface area contributed by atoms with Crippen LogP contribution in [0.5, 0.6) is 0 Å². The Bertz CT molecular complexity index is 1550. The van der Waals surface area contributed by atoms with Gasteiger partial charge in [-0.15, -0.1) is 0 Å². The van der Waals surface area contributed by atoms with Gasteiger partial charge in [0.15, 0.2) is 0 Å². The van der Waals surface area contributed by atoms with Gasteiger partial charge in [-0.05, 0) is 74.3 Å². The molecule has 3 unspecified atom stereocenters. The van der Waals surface area contributed by atoms with Crippen molar-refractivity contribution in [1.82, 2.24) is 14.8 Å². The van der Waals surface area contributed by atoms with Crippen molar-refractivity contribution in [2.75, 3.05) is 20.6 Å². The van der Waals surface area contributed by atoms with E-state index in [1.54, 1.807) is 23.1 Å². The van der Waals surface area contributed by atoms with Crippen LogP contribution in [0, 0.1) is 5.82 Å². The van der Waals surface area contributed by atoms with Crippen molar-refractivity contribution >= 4 is 22.9 Å². The zero-order valence-electron chi connectivity index (χ0n) is 22.3. The van der Waals surface area contributed by atoms with Gasteiger partial charge < -0.3 is 9.88 Å². The average molecular weight is 526 g/mol. The molecule has 1 amide bonds. The van der Waals surface area contributed by atoms with E-state index in [2.05, 4.69) is 11.1 Å². The first kappa shape index (κ1) is 25.5. The van der Waals surface area contributed by atoms with Gasteiger partial charge in [-0.25, -0.2) is 8.78 Å². The molecule has 2 aliphatic rings. The monoisotopic (exact) mass is 525 g/mol. The maximum Gasteiger partial charge on any atom is 0.247 e. The highest BCUT2D eigenvalue weighted by Gasteiger charge is 2.58. The molecule has 1 aliphatic carbocycles. The van der Waals surface area contributed by atoms with Gasteiger partial charge in [0.1, 0.15) is 17.5 Å². The minimum Gasteiger partial charge on any atom is -0.356 e. The number of benzene rings is 3. The van der Waals surface area contributed by atoms with Gasteiger partial charge in [0.05, 0.1) is 0 Å². The third kappa shape index (κ3) is 4.09. The van der Waals surface area contributed by atoms with Crippen LogP contribution in [0.2, 0.25) is 0 Å². The van der Waals surface area contributed by atoms with Crippen LogP contribution < -0.4 is 0 Å². The third-order valence-electron chi connectivity index (χ3n) is 8.97. The van der Waals surface area contributed by atoms with Gasteiger partial charge in [-0.1, -0.05) is 60.7 Å². The molecule has 4 aromatic rings. The summed E-state index contributed by atoms with van der Waals surface area (Å²) in [6.07, 6.45) is 3.77. The lowest BCUT2D eigenvalue weighted by molar-refractivity contribution is -0.145. The molecule has 1 aliphatic heterocycles. The molecule has 6 rings (SSSR count). The van der Waals surface area contributed by atoms with Crippen LogP contribution in [0.3, 0.4) is 0 Å². The minimum absolute atomic E-state index is 0.143. The summed E-state index contributed by atoms with van der Waals surface area (Å²) < 4.78 is 31.5. The number of carbonyl (C=O) groups excluding carboxylic acids is 1. The third-order valence-corrected chi connectivity index (χ3v) is 8.97. The number of aromatic amines is 1. The Hall–Kier alpha value is -3.77. The van der Waals surface area contributed by atoms with E-state index in [1.165, 1.54) is 12.1 Å². The normalized spacial score (nSPS) is 25.1. The van der Waals surface area contributed by atoms with E-state index >= 15 is 4.39 Å². The maximum atomic E-state index is 17.2. The number of aromatic nitrogens is 1. The second-order valence-corrected chi connectivity index (χ2v) is 11.0. The predicted molar refractivity (Wildman–Crippen MR) is 151 cm³/mol. The molecular formula is C33H33F2N3O. The van der Waals surface area contributed by atoms with Crippen molar-refractivity contribution in [2.24, 2.45) is 0 Å². The number of para-hydroxylation sites is 1. The number of halogens is 2. The summed E-state index contributed by atoms with van der Waals surface area (Å²) in [6.45, 7) is 0.433. The largest absolute Gasteiger partial charge is 0.356 e. The van der Waals surface area contributed by atoms with E-state index in [-0.39, 0.29) is 18.1 Å². The first-order chi connectivity index (χ1) is 18.8. The zero-order chi connectivity index (χ0) is 27.2. The average Bonchev–Trinajstić information content (AvgIpc) is 3.33. The fraction of sp³-hybridized carbons (Fsp3) is 0.303. The summed E-state index contributed by atoms with van der Waals surface area (Å²) in [5, 5.41) is 1.08. The second kappa shape index (κ2) is 9.76. The molecular weight excluding hydrogens is 492 g/mol. The summed E-state index contributed by atoms with van der Waals surface area (Å²) >= 11 is 0. The van der Waals surface area contributed by atoms with Crippen LogP contribution in [0.15, 0.2) is 84.9 Å². The van der Waals surface area contributed by atoms with E-state index in [9.17, 15) is 9.18 Å². The lowest BCUT2D eigenvalue weighted by Gasteiger charge is -2.56. The molecule has 6 heteroatoms. The van der Waals surface area contributed by atoms with Crippen molar-refractivity contribution in [3.8, 4) is 0 Å². The summed E-state index contributed by atoms with van der Waals surface area (Å²) in [6, 6.07) is 24.2. The number of nitrogens with one attached hydrogen (secondary N) is 1. The molecule has 4 nitrogen and oxygen atoms in total. The number of rotatable bonds is 4. The molecule has 0 bridgehead atoms. The number of fused-ring (bicyclic) bond motifs is 4. The predicted octanol–water partition coefficient (Wildman–Crippen LogP) is 6.58. The van der Waals surface area contributed by atoms with Gasteiger partial charge >= 0.3 is 0 Å². The number of nitrogens with zero attached hydrogens (tertiary/aromatic N) is 2. The van der Waals surface area contributed by atoms with Gasteiger partial charge in [0.2, 0.25) is 5.91 Å². The minimum atomic E-state index is -1.38. The van der Waals surface area contributed by atoms with Gasteiger partial charge in [0.25, 0.3) is 0 Å². The van der Waals surface area contributed by atoms with E-state index < -0.39 is 17.2 Å². The number of amides is 1. The van der Waals surface area contributed by atoms with Crippen LogP contribution in [0.25, 0.3) is 17.0 Å². The lowest BCUT2D eigenvalue weighted by atomic mass is 9.64. The Morgan fingerprint density at radius 3 is 2.54 bits per heavy atom. The number of alkyl halides is 1. The summed E-state index contributed by atoms with van der Waals surface area (Å²) in [5.74, 6) is -0.531. The highest BCUT2D eigenvalue weighted by Crippen LogP contribution is 2.54. The van der Waals surface area contributed by atoms with E-state index in [0.717, 1.165) is 33.3 Å². The summed E-state index contributed by atoms with van der Waals surface area (Å²) in [5.41, 5.74) is 2.70. The molecule has 39 heavy (non-hydrogen) atoms. The number of hydrogen-bond donors (Lipinski definition) is 1. The molecule has 3 atom stereocenters. The van der Waals surface area contributed by atoms with Crippen LogP contribution in [-0.2, 0) is 22.3 Å². The molecule has 1 spiro atoms. The Morgan fingerprint density at radius 2 is 1.79 bits per heavy atom. The molecule has 3 aromatic carbocycles. The topological polar surface area (TPSA) is 39.3 Å². The highest BCUT2D eigenvalue weighted by molar-refractivity contribution is 5.93. The Morgan fingerprint density at radius 1 is 1.03 bits per heavy atom. The SMILES string of the molecule is CN(C)C1(c2cccc(F)c2)CCC2(c3[nH]c4ccccc4c3CCN2C(=O)C=Cc2ccccc2)C(F)C1. The molecule has 200 valence electrons. The van der Waals surface area contributed by atoms with Crippen molar-refractivity contribution in [3.63, 3.8) is 0 Å². The van der Waals surface area contributed by atoms with Gasteiger partial charge in [0, 0.05) is 41.2 Å². The van der Waals surface area contributed by atoms with E-state index in [0.29, 0.717) is 25.8 Å². The Kier molecular flexibility index (Phi) is 6.38. The van der Waals surface area contributed by atoms with Crippen LogP contribution >= 0.6 is 0 Å². The van der Waals surface area contributed by atoms with Gasteiger partial charge in [-0.2, -0.15) is 0 Å². The second-order valence-electron chi connectivity index (χ2n) is 11.0. The molecule has 2 heterocycles. The smallest absolute Gasteiger partial charge is 0.247 e. The highest BCUT2D eigenvalue weighted by atomic mass is 19.1. The molecule has 0 saturated heterocycles. The maximum absolute atomic E-state index is 17.2. The van der Waals surface area contributed by atoms with Crippen molar-refractivity contribution < 1.29 is 13.6 Å². The molecule has 1 fully saturated rings. The van der Waals surface area contributed by atoms with Crippen molar-refractivity contribution in [1.29, 1.82) is 0 Å². The zero-order valence-corrected chi connectivity index (χ0v) is 22.3. The van der Waals surface area contributed by atoms with E-state index in [4.69, 9.17) is 0 Å².